The van der Waals surface area contributed by atoms with E-state index >= 15 is 0 Å². The van der Waals surface area contributed by atoms with Gasteiger partial charge in [-0.2, -0.15) is 0 Å². The number of rotatable bonds is 7. The molecule has 6 heteroatoms. The van der Waals surface area contributed by atoms with Crippen LogP contribution in [0.2, 0.25) is 0 Å². The van der Waals surface area contributed by atoms with Crippen molar-refractivity contribution in [2.24, 2.45) is 0 Å². The topological polar surface area (TPSA) is 61.0 Å². The number of imidazole rings is 1. The van der Waals surface area contributed by atoms with Crippen molar-refractivity contribution in [1.82, 2.24) is 9.97 Å². The minimum Gasteiger partial charge on any atom is -0.372 e. The first-order valence-corrected chi connectivity index (χ1v) is 9.81. The Bertz CT molecular complexity index is 884. The van der Waals surface area contributed by atoms with Gasteiger partial charge < -0.3 is 15.2 Å². The maximum atomic E-state index is 12.2. The number of aromatic amines is 1. The summed E-state index contributed by atoms with van der Waals surface area (Å²) in [4.78, 5) is 22.2. The van der Waals surface area contributed by atoms with Crippen LogP contribution in [0.3, 0.4) is 0 Å². The van der Waals surface area contributed by atoms with Crippen LogP contribution in [0, 0.1) is 6.92 Å². The fourth-order valence-corrected chi connectivity index (χ4v) is 3.53. The van der Waals surface area contributed by atoms with Crippen molar-refractivity contribution in [3.8, 4) is 0 Å². The Balaban J connectivity index is 1.56. The SMILES string of the molecule is CCN(CC)c1ccc(NC(=O)CSc2nc3ccc(C)cc3[nH]2)cc1. The molecule has 3 aromatic rings. The van der Waals surface area contributed by atoms with Crippen LogP contribution in [0.4, 0.5) is 11.4 Å². The van der Waals surface area contributed by atoms with E-state index in [1.165, 1.54) is 23.0 Å². The van der Waals surface area contributed by atoms with Crippen LogP contribution in [-0.4, -0.2) is 34.7 Å². The van der Waals surface area contributed by atoms with Gasteiger partial charge in [-0.25, -0.2) is 4.98 Å². The standard InChI is InChI=1S/C20H24N4OS/c1-4-24(5-2)16-9-7-15(8-10-16)21-19(25)13-26-20-22-17-11-6-14(3)12-18(17)23-20/h6-12H,4-5,13H2,1-3H3,(H,21,25)(H,22,23). The second kappa shape index (κ2) is 8.27. The van der Waals surface area contributed by atoms with E-state index in [1.54, 1.807) is 0 Å². The number of aryl methyl sites for hydroxylation is 1. The Kier molecular flexibility index (Phi) is 5.83. The lowest BCUT2D eigenvalue weighted by atomic mass is 10.2. The molecule has 1 aromatic heterocycles. The first-order chi connectivity index (χ1) is 12.6. The third-order valence-electron chi connectivity index (χ3n) is 4.24. The molecular formula is C20H24N4OS. The normalized spacial score (nSPS) is 10.9. The summed E-state index contributed by atoms with van der Waals surface area (Å²) in [7, 11) is 0. The lowest BCUT2D eigenvalue weighted by Gasteiger charge is -2.21. The molecule has 0 saturated heterocycles. The number of hydrogen-bond donors (Lipinski definition) is 2. The quantitative estimate of drug-likeness (QED) is 0.605. The molecule has 0 aliphatic carbocycles. The van der Waals surface area contributed by atoms with E-state index in [2.05, 4.69) is 40.1 Å². The van der Waals surface area contributed by atoms with Gasteiger partial charge in [0.05, 0.1) is 16.8 Å². The van der Waals surface area contributed by atoms with Crippen molar-refractivity contribution in [3.05, 3.63) is 48.0 Å². The number of carbonyl (C=O) groups excluding carboxylic acids is 1. The molecule has 2 N–H and O–H groups in total. The Morgan fingerprint density at radius 2 is 1.88 bits per heavy atom. The highest BCUT2D eigenvalue weighted by atomic mass is 32.2. The lowest BCUT2D eigenvalue weighted by molar-refractivity contribution is -0.113. The fourth-order valence-electron chi connectivity index (χ4n) is 2.84. The van der Waals surface area contributed by atoms with Gasteiger partial charge in [0.1, 0.15) is 0 Å². The van der Waals surface area contributed by atoms with E-state index in [0.29, 0.717) is 5.75 Å². The highest BCUT2D eigenvalue weighted by Gasteiger charge is 2.08. The van der Waals surface area contributed by atoms with E-state index in [-0.39, 0.29) is 5.91 Å². The van der Waals surface area contributed by atoms with Gasteiger partial charge in [-0.15, -0.1) is 0 Å². The summed E-state index contributed by atoms with van der Waals surface area (Å²) < 4.78 is 0. The number of thioether (sulfide) groups is 1. The van der Waals surface area contributed by atoms with Gasteiger partial charge in [0.25, 0.3) is 0 Å². The molecule has 26 heavy (non-hydrogen) atoms. The maximum Gasteiger partial charge on any atom is 0.234 e. The number of aromatic nitrogens is 2. The van der Waals surface area contributed by atoms with Gasteiger partial charge in [-0.05, 0) is 62.7 Å². The molecule has 0 fully saturated rings. The van der Waals surface area contributed by atoms with Crippen molar-refractivity contribution in [2.75, 3.05) is 29.1 Å². The molecule has 0 atom stereocenters. The molecule has 2 aromatic carbocycles. The van der Waals surface area contributed by atoms with Crippen molar-refractivity contribution in [1.29, 1.82) is 0 Å². The number of H-pyrrole nitrogens is 1. The molecule has 136 valence electrons. The molecule has 0 aliphatic rings. The third-order valence-corrected chi connectivity index (χ3v) is 5.11. The number of nitrogens with one attached hydrogen (secondary N) is 2. The summed E-state index contributed by atoms with van der Waals surface area (Å²) in [5.74, 6) is 0.276. The van der Waals surface area contributed by atoms with Gasteiger partial charge in [-0.1, -0.05) is 17.8 Å². The molecule has 5 nitrogen and oxygen atoms in total. The molecule has 0 saturated carbocycles. The third kappa shape index (κ3) is 4.38. The lowest BCUT2D eigenvalue weighted by Crippen LogP contribution is -2.21. The number of hydrogen-bond acceptors (Lipinski definition) is 4. The number of nitrogens with zero attached hydrogens (tertiary/aromatic N) is 2. The zero-order valence-electron chi connectivity index (χ0n) is 15.4. The van der Waals surface area contributed by atoms with E-state index in [9.17, 15) is 4.79 Å². The van der Waals surface area contributed by atoms with Crippen LogP contribution >= 0.6 is 11.8 Å². The van der Waals surface area contributed by atoms with E-state index < -0.39 is 0 Å². The maximum absolute atomic E-state index is 12.2. The number of amides is 1. The predicted molar refractivity (Wildman–Crippen MR) is 110 cm³/mol. The van der Waals surface area contributed by atoms with Crippen molar-refractivity contribution in [3.63, 3.8) is 0 Å². The Hall–Kier alpha value is -2.47. The van der Waals surface area contributed by atoms with Crippen molar-refractivity contribution < 1.29 is 4.79 Å². The average Bonchev–Trinajstić information content (AvgIpc) is 3.04. The molecule has 0 aliphatic heterocycles. The monoisotopic (exact) mass is 368 g/mol. The van der Waals surface area contributed by atoms with Crippen LogP contribution in [0.5, 0.6) is 0 Å². The van der Waals surface area contributed by atoms with Crippen LogP contribution in [0.15, 0.2) is 47.6 Å². The second-order valence-corrected chi connectivity index (χ2v) is 7.08. The predicted octanol–water partition coefficient (Wildman–Crippen LogP) is 4.45. The van der Waals surface area contributed by atoms with Crippen LogP contribution in [0.25, 0.3) is 11.0 Å². The Morgan fingerprint density at radius 1 is 1.15 bits per heavy atom. The van der Waals surface area contributed by atoms with E-state index in [0.717, 1.165) is 35.0 Å². The molecule has 0 bridgehead atoms. The largest absolute Gasteiger partial charge is 0.372 e. The summed E-state index contributed by atoms with van der Waals surface area (Å²) in [6.45, 7) is 8.25. The summed E-state index contributed by atoms with van der Waals surface area (Å²) in [5.41, 5.74) is 5.08. The molecule has 0 radical (unpaired) electrons. The summed E-state index contributed by atoms with van der Waals surface area (Å²) in [6.07, 6.45) is 0. The first kappa shape index (κ1) is 18.3. The minimum atomic E-state index is -0.0396. The minimum absolute atomic E-state index is 0.0396. The zero-order valence-corrected chi connectivity index (χ0v) is 16.2. The highest BCUT2D eigenvalue weighted by Crippen LogP contribution is 2.21. The summed E-state index contributed by atoms with van der Waals surface area (Å²) in [6, 6.07) is 14.0. The van der Waals surface area contributed by atoms with Gasteiger partial charge in [-0.3, -0.25) is 4.79 Å². The second-order valence-electron chi connectivity index (χ2n) is 6.12. The number of fused-ring (bicyclic) bond motifs is 1. The summed E-state index contributed by atoms with van der Waals surface area (Å²) >= 11 is 1.41. The fraction of sp³-hybridized carbons (Fsp3) is 0.300. The van der Waals surface area contributed by atoms with Crippen LogP contribution in [0.1, 0.15) is 19.4 Å². The number of carbonyl (C=O) groups is 1. The molecule has 1 amide bonds. The Morgan fingerprint density at radius 3 is 2.58 bits per heavy atom. The van der Waals surface area contributed by atoms with Crippen LogP contribution in [-0.2, 0) is 4.79 Å². The van der Waals surface area contributed by atoms with Gasteiger partial charge in [0.15, 0.2) is 5.16 Å². The molecule has 0 unspecified atom stereocenters. The summed E-state index contributed by atoms with van der Waals surface area (Å²) in [5, 5.41) is 3.70. The van der Waals surface area contributed by atoms with Crippen molar-refractivity contribution >= 4 is 40.1 Å². The molecule has 1 heterocycles. The van der Waals surface area contributed by atoms with Gasteiger partial charge in [0, 0.05) is 24.5 Å². The average molecular weight is 369 g/mol. The van der Waals surface area contributed by atoms with Crippen LogP contribution < -0.4 is 10.2 Å². The number of anilines is 2. The molecular weight excluding hydrogens is 344 g/mol. The van der Waals surface area contributed by atoms with Gasteiger partial charge in [0.2, 0.25) is 5.91 Å². The smallest absolute Gasteiger partial charge is 0.234 e. The van der Waals surface area contributed by atoms with E-state index in [1.807, 2.05) is 43.3 Å². The Labute approximate surface area is 158 Å². The molecule has 3 rings (SSSR count). The van der Waals surface area contributed by atoms with Crippen molar-refractivity contribution in [2.45, 2.75) is 25.9 Å². The molecule has 0 spiro atoms. The van der Waals surface area contributed by atoms with Gasteiger partial charge >= 0.3 is 0 Å². The van der Waals surface area contributed by atoms with E-state index in [4.69, 9.17) is 0 Å². The number of benzene rings is 2. The first-order valence-electron chi connectivity index (χ1n) is 8.83. The highest BCUT2D eigenvalue weighted by molar-refractivity contribution is 7.99. The zero-order chi connectivity index (χ0) is 18.5.